The molecule has 0 saturated heterocycles. The predicted octanol–water partition coefficient (Wildman–Crippen LogP) is 6.30. The average Bonchev–Trinajstić information content (AvgIpc) is 3.39. The number of nitrogens with one attached hydrogen (secondary N) is 1. The number of aromatic nitrogens is 3. The molecule has 0 radical (unpaired) electrons. The maximum atomic E-state index is 14.4. The number of anilines is 2. The van der Waals surface area contributed by atoms with Gasteiger partial charge in [0, 0.05) is 35.8 Å². The summed E-state index contributed by atoms with van der Waals surface area (Å²) in [7, 11) is 1.57. The second-order valence-corrected chi connectivity index (χ2v) is 7.70. The van der Waals surface area contributed by atoms with Gasteiger partial charge in [-0.25, -0.2) is 18.7 Å². The zero-order valence-electron chi connectivity index (χ0n) is 18.2. The smallest absolute Gasteiger partial charge is 0.181 e. The number of pyridine rings is 1. The van der Waals surface area contributed by atoms with Crippen LogP contribution in [0.2, 0.25) is 0 Å². The number of aryl methyl sites for hydroxylation is 2. The summed E-state index contributed by atoms with van der Waals surface area (Å²) in [6.07, 6.45) is 4.46. The Morgan fingerprint density at radius 3 is 2.52 bits per heavy atom. The lowest BCUT2D eigenvalue weighted by molar-refractivity contribution is 0.415. The quantitative estimate of drug-likeness (QED) is 0.343. The standard InChI is InChI=1S/C25H20F2N4O2/c1-14-8-16(26)4-6-19(14)22-12-31-11-17(27)9-21(25(31)30-22)29-18-5-7-20(23(10-18)32-3)24-15(2)28-13-33-24/h4-13,29H,1-3H3. The van der Waals surface area contributed by atoms with Gasteiger partial charge in [-0.15, -0.1) is 0 Å². The van der Waals surface area contributed by atoms with Gasteiger partial charge >= 0.3 is 0 Å². The number of fused-ring (bicyclic) bond motifs is 1. The van der Waals surface area contributed by atoms with Gasteiger partial charge in [-0.05, 0) is 49.7 Å². The van der Waals surface area contributed by atoms with E-state index in [0.717, 1.165) is 22.4 Å². The summed E-state index contributed by atoms with van der Waals surface area (Å²) in [5.74, 6) is 0.467. The van der Waals surface area contributed by atoms with E-state index in [4.69, 9.17) is 9.15 Å². The number of ether oxygens (including phenoxy) is 1. The molecule has 3 aromatic heterocycles. The normalized spacial score (nSPS) is 11.2. The number of imidazole rings is 1. The Labute approximate surface area is 188 Å². The molecule has 5 rings (SSSR count). The highest BCUT2D eigenvalue weighted by molar-refractivity contribution is 5.79. The predicted molar refractivity (Wildman–Crippen MR) is 122 cm³/mol. The highest BCUT2D eigenvalue weighted by atomic mass is 19.1. The number of rotatable bonds is 5. The molecule has 0 aliphatic carbocycles. The van der Waals surface area contributed by atoms with Crippen molar-refractivity contribution < 1.29 is 17.9 Å². The zero-order chi connectivity index (χ0) is 23.1. The van der Waals surface area contributed by atoms with Gasteiger partial charge in [0.25, 0.3) is 0 Å². The lowest BCUT2D eigenvalue weighted by atomic mass is 10.1. The Bertz CT molecular complexity index is 1490. The van der Waals surface area contributed by atoms with Gasteiger partial charge in [0.15, 0.2) is 17.8 Å². The largest absolute Gasteiger partial charge is 0.496 e. The minimum Gasteiger partial charge on any atom is -0.496 e. The number of hydrogen-bond donors (Lipinski definition) is 1. The van der Waals surface area contributed by atoms with E-state index < -0.39 is 5.82 Å². The van der Waals surface area contributed by atoms with Crippen LogP contribution in [0.1, 0.15) is 11.3 Å². The van der Waals surface area contributed by atoms with Crippen molar-refractivity contribution in [2.75, 3.05) is 12.4 Å². The second kappa shape index (κ2) is 8.05. The van der Waals surface area contributed by atoms with Gasteiger partial charge in [-0.3, -0.25) is 0 Å². The summed E-state index contributed by atoms with van der Waals surface area (Å²) in [6, 6.07) is 11.4. The van der Waals surface area contributed by atoms with E-state index in [1.165, 1.54) is 30.8 Å². The zero-order valence-corrected chi connectivity index (χ0v) is 18.2. The molecule has 0 aliphatic rings. The Morgan fingerprint density at radius 1 is 0.970 bits per heavy atom. The van der Waals surface area contributed by atoms with E-state index in [-0.39, 0.29) is 5.82 Å². The van der Waals surface area contributed by atoms with Gasteiger partial charge in [-0.2, -0.15) is 0 Å². The Hall–Kier alpha value is -4.20. The first-order valence-corrected chi connectivity index (χ1v) is 10.2. The van der Waals surface area contributed by atoms with Crippen molar-refractivity contribution in [2.24, 2.45) is 0 Å². The van der Waals surface area contributed by atoms with E-state index >= 15 is 0 Å². The number of hydrogen-bond acceptors (Lipinski definition) is 5. The summed E-state index contributed by atoms with van der Waals surface area (Å²) >= 11 is 0. The van der Waals surface area contributed by atoms with Crippen LogP contribution in [0.5, 0.6) is 5.75 Å². The van der Waals surface area contributed by atoms with Crippen LogP contribution >= 0.6 is 0 Å². The van der Waals surface area contributed by atoms with Crippen molar-refractivity contribution in [3.63, 3.8) is 0 Å². The molecule has 0 bridgehead atoms. The molecule has 8 heteroatoms. The molecule has 0 spiro atoms. The first kappa shape index (κ1) is 20.7. The fourth-order valence-electron chi connectivity index (χ4n) is 3.87. The van der Waals surface area contributed by atoms with Crippen LogP contribution in [0.4, 0.5) is 20.2 Å². The Kier molecular flexibility index (Phi) is 5.05. The van der Waals surface area contributed by atoms with Gasteiger partial charge in [0.2, 0.25) is 0 Å². The van der Waals surface area contributed by atoms with Crippen LogP contribution in [0.25, 0.3) is 28.2 Å². The fraction of sp³-hybridized carbons (Fsp3) is 0.120. The topological polar surface area (TPSA) is 64.6 Å². The maximum Gasteiger partial charge on any atom is 0.181 e. The summed E-state index contributed by atoms with van der Waals surface area (Å²) < 4.78 is 40.6. The molecule has 0 atom stereocenters. The van der Waals surface area contributed by atoms with Gasteiger partial charge in [0.05, 0.1) is 29.7 Å². The highest BCUT2D eigenvalue weighted by Crippen LogP contribution is 2.35. The van der Waals surface area contributed by atoms with Crippen molar-refractivity contribution >= 4 is 17.0 Å². The van der Waals surface area contributed by atoms with E-state index in [9.17, 15) is 8.78 Å². The molecular weight excluding hydrogens is 426 g/mol. The van der Waals surface area contributed by atoms with Crippen molar-refractivity contribution in [3.05, 3.63) is 84.1 Å². The number of nitrogens with zero attached hydrogens (tertiary/aromatic N) is 3. The molecular formula is C25H20F2N4O2. The summed E-state index contributed by atoms with van der Waals surface area (Å²) in [4.78, 5) is 8.81. The molecule has 3 heterocycles. The minimum absolute atomic E-state index is 0.314. The third-order valence-corrected chi connectivity index (χ3v) is 5.45. The molecule has 166 valence electrons. The molecule has 33 heavy (non-hydrogen) atoms. The van der Waals surface area contributed by atoms with E-state index in [1.807, 2.05) is 26.0 Å². The highest BCUT2D eigenvalue weighted by Gasteiger charge is 2.16. The third-order valence-electron chi connectivity index (χ3n) is 5.45. The van der Waals surface area contributed by atoms with Crippen LogP contribution in [-0.2, 0) is 0 Å². The van der Waals surface area contributed by atoms with Crippen LogP contribution in [0.15, 0.2) is 65.7 Å². The molecule has 1 N–H and O–H groups in total. The first-order valence-electron chi connectivity index (χ1n) is 10.2. The van der Waals surface area contributed by atoms with Crippen LogP contribution in [0.3, 0.4) is 0 Å². The first-order chi connectivity index (χ1) is 15.9. The molecule has 0 saturated carbocycles. The van der Waals surface area contributed by atoms with E-state index in [1.54, 1.807) is 29.8 Å². The molecule has 0 aliphatic heterocycles. The molecule has 2 aromatic carbocycles. The van der Waals surface area contributed by atoms with Crippen molar-refractivity contribution in [3.8, 4) is 28.3 Å². The lowest BCUT2D eigenvalue weighted by Crippen LogP contribution is -1.98. The molecule has 6 nitrogen and oxygen atoms in total. The number of oxazole rings is 1. The van der Waals surface area contributed by atoms with Crippen LogP contribution < -0.4 is 10.1 Å². The Balaban J connectivity index is 1.55. The summed E-state index contributed by atoms with van der Waals surface area (Å²) in [6.45, 7) is 3.67. The molecule has 0 unspecified atom stereocenters. The SMILES string of the molecule is COc1cc(Nc2cc(F)cn3cc(-c4ccc(F)cc4C)nc23)ccc1-c1ocnc1C. The lowest BCUT2D eigenvalue weighted by Gasteiger charge is -2.12. The maximum absolute atomic E-state index is 14.4. The van der Waals surface area contributed by atoms with E-state index in [2.05, 4.69) is 15.3 Å². The minimum atomic E-state index is -0.425. The summed E-state index contributed by atoms with van der Waals surface area (Å²) in [5, 5.41) is 3.23. The van der Waals surface area contributed by atoms with Crippen LogP contribution in [-0.4, -0.2) is 21.5 Å². The summed E-state index contributed by atoms with van der Waals surface area (Å²) in [5.41, 5.74) is 5.35. The average molecular weight is 446 g/mol. The third kappa shape index (κ3) is 3.80. The van der Waals surface area contributed by atoms with E-state index in [0.29, 0.717) is 34.2 Å². The van der Waals surface area contributed by atoms with Gasteiger partial charge in [-0.1, -0.05) is 0 Å². The monoisotopic (exact) mass is 446 g/mol. The van der Waals surface area contributed by atoms with Crippen molar-refractivity contribution in [2.45, 2.75) is 13.8 Å². The second-order valence-electron chi connectivity index (χ2n) is 7.70. The number of halogens is 2. The van der Waals surface area contributed by atoms with Gasteiger partial charge < -0.3 is 18.9 Å². The van der Waals surface area contributed by atoms with Crippen molar-refractivity contribution in [1.29, 1.82) is 0 Å². The Morgan fingerprint density at radius 2 is 1.79 bits per heavy atom. The van der Waals surface area contributed by atoms with Crippen molar-refractivity contribution in [1.82, 2.24) is 14.4 Å². The number of benzene rings is 2. The molecule has 0 amide bonds. The number of methoxy groups -OCH3 is 1. The van der Waals surface area contributed by atoms with Crippen LogP contribution in [0, 0.1) is 25.5 Å². The molecule has 5 aromatic rings. The molecule has 0 fully saturated rings. The fourth-order valence-corrected chi connectivity index (χ4v) is 3.87. The van der Waals surface area contributed by atoms with Gasteiger partial charge in [0.1, 0.15) is 17.4 Å².